The molecule has 3 heterocycles. The number of methoxy groups -OCH3 is 2. The van der Waals surface area contributed by atoms with Crippen molar-refractivity contribution < 1.29 is 31.8 Å². The van der Waals surface area contributed by atoms with Gasteiger partial charge in [-0.05, 0) is 45.0 Å². The lowest BCUT2D eigenvalue weighted by atomic mass is 10.0. The minimum atomic E-state index is -4.37. The molecule has 12 nitrogen and oxygen atoms in total. The van der Waals surface area contributed by atoms with Crippen LogP contribution in [-0.2, 0) is 15.6 Å². The van der Waals surface area contributed by atoms with Gasteiger partial charge >= 0.3 is 0 Å². The normalized spacial score (nSPS) is 14.1. The van der Waals surface area contributed by atoms with Crippen LogP contribution in [0.2, 0.25) is 0 Å². The molecule has 0 radical (unpaired) electrons. The van der Waals surface area contributed by atoms with Crippen LogP contribution < -0.4 is 14.2 Å². The lowest BCUT2D eigenvalue weighted by Crippen LogP contribution is -2.44. The second kappa shape index (κ2) is 9.78. The Bertz CT molecular complexity index is 1490. The number of benzene rings is 1. The number of nitrogens with one attached hydrogen (secondary N) is 1. The van der Waals surface area contributed by atoms with Crippen molar-refractivity contribution in [2.75, 3.05) is 18.9 Å². The molecule has 0 aliphatic carbocycles. The van der Waals surface area contributed by atoms with Gasteiger partial charge in [-0.25, -0.2) is 22.8 Å². The zero-order chi connectivity index (χ0) is 27.0. The van der Waals surface area contributed by atoms with E-state index in [1.807, 2.05) is 0 Å². The van der Waals surface area contributed by atoms with Crippen LogP contribution in [0.3, 0.4) is 0 Å². The Balaban J connectivity index is 1.84. The zero-order valence-electron chi connectivity index (χ0n) is 20.6. The average molecular weight is 533 g/mol. The number of furan rings is 1. The van der Waals surface area contributed by atoms with Gasteiger partial charge in [0.05, 0.1) is 26.6 Å². The number of aliphatic hydroxyl groups is 1. The molecule has 0 unspecified atom stereocenters. The molecule has 2 atom stereocenters. The first kappa shape index (κ1) is 26.0. The molecule has 2 N–H and O–H groups in total. The van der Waals surface area contributed by atoms with Gasteiger partial charge < -0.3 is 19.0 Å². The largest absolute Gasteiger partial charge is 0.494 e. The van der Waals surface area contributed by atoms with Crippen molar-refractivity contribution in [1.29, 1.82) is 0 Å². The van der Waals surface area contributed by atoms with E-state index in [9.17, 15) is 17.9 Å². The van der Waals surface area contributed by atoms with Gasteiger partial charge in [0, 0.05) is 0 Å². The second-order valence-electron chi connectivity index (χ2n) is 8.27. The van der Waals surface area contributed by atoms with E-state index in [1.165, 1.54) is 32.6 Å². The van der Waals surface area contributed by atoms with Gasteiger partial charge in [0.15, 0.2) is 17.4 Å². The number of sulfonamides is 1. The molecule has 37 heavy (non-hydrogen) atoms. The van der Waals surface area contributed by atoms with Crippen LogP contribution in [0.25, 0.3) is 17.3 Å². The van der Waals surface area contributed by atoms with E-state index in [4.69, 9.17) is 13.9 Å². The van der Waals surface area contributed by atoms with Crippen molar-refractivity contribution in [3.05, 3.63) is 60.1 Å². The monoisotopic (exact) mass is 532 g/mol. The minimum Gasteiger partial charge on any atom is -0.494 e. The molecule has 14 heteroatoms. The van der Waals surface area contributed by atoms with Gasteiger partial charge in [-0.15, -0.1) is 10.2 Å². The SMILES string of the molecule is COc1cccc(OC)c1-n1c(NS(=O)(=O)[C@H](C)[C@](C)(O)c2ncc(F)cn2)nnc1-c1ccc(C)o1. The highest BCUT2D eigenvalue weighted by Gasteiger charge is 2.43. The molecule has 0 spiro atoms. The van der Waals surface area contributed by atoms with E-state index in [0.29, 0.717) is 28.7 Å². The molecule has 4 aromatic rings. The molecule has 0 amide bonds. The molecule has 0 saturated carbocycles. The summed E-state index contributed by atoms with van der Waals surface area (Å²) in [5, 5.41) is 17.7. The van der Waals surface area contributed by atoms with Crippen LogP contribution in [0.4, 0.5) is 10.3 Å². The number of nitrogens with zero attached hydrogens (tertiary/aromatic N) is 5. The van der Waals surface area contributed by atoms with E-state index in [1.54, 1.807) is 37.3 Å². The molecular weight excluding hydrogens is 507 g/mol. The summed E-state index contributed by atoms with van der Waals surface area (Å²) in [6.07, 6.45) is 1.68. The summed E-state index contributed by atoms with van der Waals surface area (Å²) in [6, 6.07) is 8.40. The number of para-hydroxylation sites is 1. The molecule has 196 valence electrons. The third kappa shape index (κ3) is 4.84. The number of anilines is 1. The third-order valence-corrected chi connectivity index (χ3v) is 7.67. The first-order valence-electron chi connectivity index (χ1n) is 10.9. The Kier molecular flexibility index (Phi) is 6.88. The molecule has 0 saturated heterocycles. The van der Waals surface area contributed by atoms with E-state index in [0.717, 1.165) is 12.4 Å². The van der Waals surface area contributed by atoms with Gasteiger partial charge in [-0.3, -0.25) is 9.29 Å². The quantitative estimate of drug-likeness (QED) is 0.329. The Morgan fingerprint density at radius 2 is 1.73 bits per heavy atom. The average Bonchev–Trinajstić information content (AvgIpc) is 3.48. The van der Waals surface area contributed by atoms with Crippen molar-refractivity contribution in [1.82, 2.24) is 24.7 Å². The van der Waals surface area contributed by atoms with Gasteiger partial charge in [-0.1, -0.05) is 6.07 Å². The summed E-state index contributed by atoms with van der Waals surface area (Å²) < 4.78 is 60.7. The van der Waals surface area contributed by atoms with Crippen molar-refractivity contribution >= 4 is 16.0 Å². The predicted molar refractivity (Wildman–Crippen MR) is 130 cm³/mol. The van der Waals surface area contributed by atoms with Crippen LogP contribution in [0.5, 0.6) is 11.5 Å². The molecule has 0 aliphatic rings. The fourth-order valence-corrected chi connectivity index (χ4v) is 4.87. The van der Waals surface area contributed by atoms with E-state index < -0.39 is 26.7 Å². The number of aryl methyl sites for hydroxylation is 1. The standard InChI is InChI=1S/C23H25FN6O6S/c1-13-9-10-18(36-13)20-27-28-22(30(20)19-16(34-4)7-6-8-17(19)35-5)29-37(32,33)14(2)23(3,31)21-25-11-15(24)12-26-21/h6-12,14,31H,1-5H3,(H,28,29)/t14-,23+/m1/s1. The minimum absolute atomic E-state index is 0.162. The van der Waals surface area contributed by atoms with Gasteiger partial charge in [0.2, 0.25) is 21.8 Å². The van der Waals surface area contributed by atoms with Crippen LogP contribution in [-0.4, -0.2) is 57.7 Å². The van der Waals surface area contributed by atoms with Crippen LogP contribution in [0, 0.1) is 12.7 Å². The molecule has 4 rings (SSSR count). The second-order valence-corrected chi connectivity index (χ2v) is 10.3. The van der Waals surface area contributed by atoms with Crippen LogP contribution >= 0.6 is 0 Å². The molecule has 1 aromatic carbocycles. The Morgan fingerprint density at radius 3 is 2.27 bits per heavy atom. The van der Waals surface area contributed by atoms with Crippen molar-refractivity contribution in [2.45, 2.75) is 31.6 Å². The first-order chi connectivity index (χ1) is 17.5. The number of hydrogen-bond acceptors (Lipinski definition) is 10. The Morgan fingerprint density at radius 1 is 1.11 bits per heavy atom. The number of ether oxygens (including phenoxy) is 2. The topological polar surface area (TPSA) is 154 Å². The Hall–Kier alpha value is -4.04. The highest BCUT2D eigenvalue weighted by molar-refractivity contribution is 7.93. The summed E-state index contributed by atoms with van der Waals surface area (Å²) in [5.74, 6) is 0.516. The summed E-state index contributed by atoms with van der Waals surface area (Å²) in [6.45, 7) is 4.23. The van der Waals surface area contributed by atoms with Crippen LogP contribution in [0.1, 0.15) is 25.4 Å². The number of rotatable bonds is 9. The molecule has 0 aliphatic heterocycles. The van der Waals surface area contributed by atoms with Crippen molar-refractivity contribution in [3.8, 4) is 28.8 Å². The molecule has 3 aromatic heterocycles. The fraction of sp³-hybridized carbons (Fsp3) is 0.304. The van der Waals surface area contributed by atoms with Gasteiger partial charge in [-0.2, -0.15) is 0 Å². The highest BCUT2D eigenvalue weighted by atomic mass is 32.2. The maximum absolute atomic E-state index is 13.5. The lowest BCUT2D eigenvalue weighted by Gasteiger charge is -2.28. The number of hydrogen-bond donors (Lipinski definition) is 2. The Labute approximate surface area is 212 Å². The summed E-state index contributed by atoms with van der Waals surface area (Å²) >= 11 is 0. The smallest absolute Gasteiger partial charge is 0.243 e. The highest BCUT2D eigenvalue weighted by Crippen LogP contribution is 2.38. The van der Waals surface area contributed by atoms with E-state index in [-0.39, 0.29) is 17.6 Å². The summed E-state index contributed by atoms with van der Waals surface area (Å²) in [4.78, 5) is 7.48. The predicted octanol–water partition coefficient (Wildman–Crippen LogP) is 2.82. The third-order valence-electron chi connectivity index (χ3n) is 5.81. The van der Waals surface area contributed by atoms with E-state index in [2.05, 4.69) is 24.9 Å². The van der Waals surface area contributed by atoms with Crippen molar-refractivity contribution in [3.63, 3.8) is 0 Å². The lowest BCUT2D eigenvalue weighted by molar-refractivity contribution is 0.0469. The maximum Gasteiger partial charge on any atom is 0.243 e. The van der Waals surface area contributed by atoms with E-state index >= 15 is 0 Å². The van der Waals surface area contributed by atoms with Gasteiger partial charge in [0.25, 0.3) is 0 Å². The van der Waals surface area contributed by atoms with Crippen molar-refractivity contribution in [2.24, 2.45) is 0 Å². The van der Waals surface area contributed by atoms with Gasteiger partial charge in [0.1, 0.15) is 33.8 Å². The zero-order valence-corrected chi connectivity index (χ0v) is 21.4. The molecule has 0 bridgehead atoms. The van der Waals surface area contributed by atoms with Crippen LogP contribution in [0.15, 0.2) is 47.1 Å². The fourth-order valence-electron chi connectivity index (χ4n) is 3.60. The summed E-state index contributed by atoms with van der Waals surface area (Å²) in [5.41, 5.74) is -1.78. The number of halogens is 1. The summed E-state index contributed by atoms with van der Waals surface area (Å²) in [7, 11) is -1.47. The molecule has 0 fully saturated rings. The first-order valence-corrected chi connectivity index (χ1v) is 12.5. The number of aromatic nitrogens is 5. The maximum atomic E-state index is 13.5. The molecular formula is C23H25FN6O6S.